The van der Waals surface area contributed by atoms with Crippen LogP contribution in [-0.2, 0) is 18.6 Å². The van der Waals surface area contributed by atoms with Crippen LogP contribution in [0.2, 0.25) is 0 Å². The van der Waals surface area contributed by atoms with Gasteiger partial charge in [0.2, 0.25) is 0 Å². The van der Waals surface area contributed by atoms with Crippen molar-refractivity contribution >= 4 is 27.5 Å². The summed E-state index contributed by atoms with van der Waals surface area (Å²) in [6, 6.07) is 13.6. The Morgan fingerprint density at radius 3 is 2.35 bits per heavy atom. The summed E-state index contributed by atoms with van der Waals surface area (Å²) in [4.78, 5) is 0. The molecule has 2 unspecified atom stereocenters. The molecule has 3 rings (SSSR count). The molecule has 0 aliphatic rings. The second-order valence-electron chi connectivity index (χ2n) is 8.44. The molecule has 0 bridgehead atoms. The fraction of sp³-hybridized carbons (Fsp3) is 0.417. The van der Waals surface area contributed by atoms with Crippen LogP contribution in [0, 0.1) is 0 Å². The number of halogens is 2. The van der Waals surface area contributed by atoms with Gasteiger partial charge >= 0.3 is 0 Å². The molecule has 3 N–H and O–H groups in total. The fourth-order valence-electron chi connectivity index (χ4n) is 3.37. The predicted molar refractivity (Wildman–Crippen MR) is 132 cm³/mol. The second-order valence-corrected chi connectivity index (χ2v) is 9.61. The van der Waals surface area contributed by atoms with Gasteiger partial charge in [0.05, 0.1) is 35.4 Å². The highest BCUT2D eigenvalue weighted by molar-refractivity contribution is 9.10. The van der Waals surface area contributed by atoms with Crippen molar-refractivity contribution in [2.24, 2.45) is 0 Å². The zero-order chi connectivity index (χ0) is 24.7. The topological polar surface area (TPSA) is 110 Å². The van der Waals surface area contributed by atoms with Crippen molar-refractivity contribution in [3.05, 3.63) is 70.0 Å². The number of rotatable bonds is 12. The average molecular weight is 555 g/mol. The smallest absolute Gasteiger partial charge is 0.133 e. The molecule has 0 saturated carbocycles. The van der Waals surface area contributed by atoms with E-state index in [0.29, 0.717) is 17.2 Å². The molecular formula is C24H29BrClN3O5. The van der Waals surface area contributed by atoms with Gasteiger partial charge in [-0.05, 0) is 51.3 Å². The maximum Gasteiger partial charge on any atom is 0.133 e. The van der Waals surface area contributed by atoms with E-state index in [2.05, 4.69) is 40.1 Å². The Morgan fingerprint density at radius 2 is 1.71 bits per heavy atom. The van der Waals surface area contributed by atoms with Crippen molar-refractivity contribution in [2.45, 2.75) is 44.6 Å². The van der Waals surface area contributed by atoms with Crippen LogP contribution in [0.25, 0.3) is 0 Å². The normalized spacial score (nSPS) is 13.5. The molecule has 184 valence electrons. The van der Waals surface area contributed by atoms with Crippen molar-refractivity contribution in [1.29, 1.82) is 0 Å². The van der Waals surface area contributed by atoms with E-state index in [4.69, 9.17) is 21.1 Å². The van der Waals surface area contributed by atoms with Crippen molar-refractivity contribution in [3.8, 4) is 11.5 Å². The fourth-order valence-corrected chi connectivity index (χ4v) is 3.95. The first-order chi connectivity index (χ1) is 16.2. The molecule has 1 heterocycles. The van der Waals surface area contributed by atoms with Crippen LogP contribution >= 0.6 is 27.5 Å². The van der Waals surface area contributed by atoms with E-state index in [-0.39, 0.29) is 37.7 Å². The van der Waals surface area contributed by atoms with Gasteiger partial charge in [0.1, 0.15) is 36.9 Å². The molecule has 0 radical (unpaired) electrons. The van der Waals surface area contributed by atoms with Crippen LogP contribution in [-0.4, -0.2) is 61.6 Å². The van der Waals surface area contributed by atoms with Crippen LogP contribution in [0.4, 0.5) is 0 Å². The van der Waals surface area contributed by atoms with Crippen LogP contribution in [0.1, 0.15) is 30.7 Å². The van der Waals surface area contributed by atoms with Gasteiger partial charge < -0.3 is 24.8 Å². The van der Waals surface area contributed by atoms with E-state index < -0.39 is 12.2 Å². The van der Waals surface area contributed by atoms with Gasteiger partial charge in [0, 0.05) is 5.41 Å². The van der Waals surface area contributed by atoms with E-state index in [9.17, 15) is 15.3 Å². The van der Waals surface area contributed by atoms with Crippen molar-refractivity contribution in [2.75, 3.05) is 19.1 Å². The number of benzene rings is 2. The van der Waals surface area contributed by atoms with Gasteiger partial charge in [-0.15, -0.1) is 16.7 Å². The quantitative estimate of drug-likeness (QED) is 0.295. The third-order valence-corrected chi connectivity index (χ3v) is 6.50. The maximum atomic E-state index is 10.2. The molecule has 0 saturated heterocycles. The van der Waals surface area contributed by atoms with Crippen LogP contribution in [0.15, 0.2) is 53.1 Å². The Labute approximate surface area is 212 Å². The number of alkyl halides is 1. The maximum absolute atomic E-state index is 10.2. The summed E-state index contributed by atoms with van der Waals surface area (Å²) in [6.45, 7) is 4.45. The molecule has 0 spiro atoms. The first kappa shape index (κ1) is 26.4. The van der Waals surface area contributed by atoms with E-state index in [1.165, 1.54) is 10.9 Å². The van der Waals surface area contributed by atoms with Gasteiger partial charge in [0.15, 0.2) is 0 Å². The minimum atomic E-state index is -0.799. The third kappa shape index (κ3) is 6.70. The zero-order valence-corrected chi connectivity index (χ0v) is 21.4. The van der Waals surface area contributed by atoms with Crippen LogP contribution in [0.3, 0.4) is 0 Å². The Bertz CT molecular complexity index is 1060. The second kappa shape index (κ2) is 12.0. The van der Waals surface area contributed by atoms with Crippen molar-refractivity contribution in [3.63, 3.8) is 0 Å². The van der Waals surface area contributed by atoms with E-state index in [1.807, 2.05) is 42.5 Å². The molecular weight excluding hydrogens is 526 g/mol. The Balaban J connectivity index is 1.61. The first-order valence-corrected chi connectivity index (χ1v) is 12.1. The lowest BCUT2D eigenvalue weighted by atomic mass is 9.78. The molecule has 1 aromatic heterocycles. The number of hydrogen-bond acceptors (Lipinski definition) is 7. The molecule has 0 amide bonds. The number of aromatic nitrogens is 3. The average Bonchev–Trinajstić information content (AvgIpc) is 3.28. The summed E-state index contributed by atoms with van der Waals surface area (Å²) < 4.78 is 13.6. The van der Waals surface area contributed by atoms with Crippen molar-refractivity contribution < 1.29 is 24.8 Å². The zero-order valence-electron chi connectivity index (χ0n) is 19.1. The van der Waals surface area contributed by atoms with Gasteiger partial charge in [-0.2, -0.15) is 0 Å². The molecule has 34 heavy (non-hydrogen) atoms. The van der Waals surface area contributed by atoms with Crippen molar-refractivity contribution in [1.82, 2.24) is 15.0 Å². The van der Waals surface area contributed by atoms with Gasteiger partial charge in [-0.3, -0.25) is 0 Å². The van der Waals surface area contributed by atoms with Gasteiger partial charge in [-0.1, -0.05) is 37.3 Å². The number of aliphatic hydroxyl groups excluding tert-OH is 3. The number of nitrogens with zero attached hydrogens (tertiary/aromatic N) is 3. The molecule has 8 nitrogen and oxygen atoms in total. The Kier molecular flexibility index (Phi) is 9.32. The lowest BCUT2D eigenvalue weighted by Gasteiger charge is -2.27. The van der Waals surface area contributed by atoms with E-state index in [0.717, 1.165) is 15.6 Å². The first-order valence-electron chi connectivity index (χ1n) is 10.8. The standard InChI is InChI=1S/C24H29BrClN3O5/c1-24(2,17-5-8-23(22(25)9-17)34-14-19(31)10-26)16-3-6-21(7-4-16)33-15-20(32)12-29-18(13-30)11-27-28-29/h3-9,11,19-20,30-32H,10,12-15H2,1-2H3. The SMILES string of the molecule is CC(C)(c1ccc(OCC(O)Cn2nncc2CO)cc1)c1ccc(OCC(O)CCl)c(Br)c1. The lowest BCUT2D eigenvalue weighted by molar-refractivity contribution is 0.0866. The minimum Gasteiger partial charge on any atom is -0.491 e. The van der Waals surface area contributed by atoms with Gasteiger partial charge in [0.25, 0.3) is 0 Å². The highest BCUT2D eigenvalue weighted by Crippen LogP contribution is 2.36. The molecule has 10 heteroatoms. The summed E-state index contributed by atoms with van der Waals surface area (Å²) >= 11 is 9.17. The summed E-state index contributed by atoms with van der Waals surface area (Å²) in [7, 11) is 0. The molecule has 0 aliphatic heterocycles. The summed E-state index contributed by atoms with van der Waals surface area (Å²) in [5.41, 5.74) is 2.42. The molecule has 2 atom stereocenters. The minimum absolute atomic E-state index is 0.0836. The summed E-state index contributed by atoms with van der Waals surface area (Å²) in [6.07, 6.45) is -0.0574. The third-order valence-electron chi connectivity index (χ3n) is 5.52. The highest BCUT2D eigenvalue weighted by Gasteiger charge is 2.24. The molecule has 3 aromatic rings. The molecule has 2 aromatic carbocycles. The van der Waals surface area contributed by atoms with E-state index >= 15 is 0 Å². The predicted octanol–water partition coefficient (Wildman–Crippen LogP) is 3.28. The molecule has 0 fully saturated rings. The van der Waals surface area contributed by atoms with Crippen LogP contribution < -0.4 is 9.47 Å². The summed E-state index contributed by atoms with van der Waals surface area (Å²) in [5, 5.41) is 36.7. The van der Waals surface area contributed by atoms with E-state index in [1.54, 1.807) is 0 Å². The molecule has 0 aliphatic carbocycles. The number of ether oxygens (including phenoxy) is 2. The number of hydrogen-bond donors (Lipinski definition) is 3. The highest BCUT2D eigenvalue weighted by atomic mass is 79.9. The monoisotopic (exact) mass is 553 g/mol. The largest absolute Gasteiger partial charge is 0.491 e. The Morgan fingerprint density at radius 1 is 1.03 bits per heavy atom. The van der Waals surface area contributed by atoms with Gasteiger partial charge in [-0.25, -0.2) is 4.68 Å². The Hall–Kier alpha value is -2.17. The lowest BCUT2D eigenvalue weighted by Crippen LogP contribution is -2.25. The van der Waals surface area contributed by atoms with Crippen LogP contribution in [0.5, 0.6) is 11.5 Å². The number of aliphatic hydroxyl groups is 3. The summed E-state index contributed by atoms with van der Waals surface area (Å²) in [5.74, 6) is 1.40.